The maximum absolute atomic E-state index is 4.40. The molecule has 3 aromatic rings. The van der Waals surface area contributed by atoms with Crippen LogP contribution < -0.4 is 4.90 Å². The van der Waals surface area contributed by atoms with Crippen molar-refractivity contribution in [2.24, 2.45) is 0 Å². The van der Waals surface area contributed by atoms with E-state index in [1.807, 2.05) is 54.0 Å². The summed E-state index contributed by atoms with van der Waals surface area (Å²) in [6, 6.07) is 9.96. The van der Waals surface area contributed by atoms with Gasteiger partial charge in [0.15, 0.2) is 5.65 Å². The van der Waals surface area contributed by atoms with Gasteiger partial charge in [0.2, 0.25) is 0 Å². The summed E-state index contributed by atoms with van der Waals surface area (Å²) in [5.74, 6) is 0.877. The van der Waals surface area contributed by atoms with Crippen molar-refractivity contribution in [3.63, 3.8) is 0 Å². The molecule has 0 aliphatic carbocycles. The van der Waals surface area contributed by atoms with Crippen LogP contribution in [0.5, 0.6) is 0 Å². The molecule has 3 rings (SSSR count). The van der Waals surface area contributed by atoms with Crippen LogP contribution in [0.2, 0.25) is 0 Å². The molecule has 2 aromatic heterocycles. The number of rotatable bonds is 2. The van der Waals surface area contributed by atoms with Crippen molar-refractivity contribution < 1.29 is 0 Å². The third-order valence-corrected chi connectivity index (χ3v) is 2.77. The quantitative estimate of drug-likeness (QED) is 0.685. The summed E-state index contributed by atoms with van der Waals surface area (Å²) < 4.78 is 1.82. The van der Waals surface area contributed by atoms with Crippen molar-refractivity contribution in [2.45, 2.75) is 0 Å². The van der Waals surface area contributed by atoms with E-state index in [0.717, 1.165) is 22.5 Å². The Bertz CT molecular complexity index is 672. The van der Waals surface area contributed by atoms with Gasteiger partial charge in [-0.15, -0.1) is 0 Å². The number of para-hydroxylation sites is 1. The highest BCUT2D eigenvalue weighted by Gasteiger charge is 2.11. The van der Waals surface area contributed by atoms with Gasteiger partial charge in [0.05, 0.1) is 17.3 Å². The Morgan fingerprint density at radius 2 is 1.83 bits per heavy atom. The summed E-state index contributed by atoms with van der Waals surface area (Å²) in [6.07, 6.45) is 3.37. The molecule has 2 heterocycles. The second-order valence-corrected chi connectivity index (χ2v) is 4.22. The average Bonchev–Trinajstić information content (AvgIpc) is 2.83. The summed E-state index contributed by atoms with van der Waals surface area (Å²) in [4.78, 5) is 10.6. The van der Waals surface area contributed by atoms with E-state index in [4.69, 9.17) is 0 Å². The average molecular weight is 239 g/mol. The topological polar surface area (TPSA) is 46.8 Å². The molecule has 0 unspecified atom stereocenters. The highest BCUT2D eigenvalue weighted by molar-refractivity contribution is 5.87. The number of aromatic nitrogens is 4. The molecule has 0 saturated carbocycles. The minimum absolute atomic E-state index is 0.819. The van der Waals surface area contributed by atoms with Crippen LogP contribution in [-0.4, -0.2) is 33.8 Å². The predicted molar refractivity (Wildman–Crippen MR) is 71.0 cm³/mol. The first-order chi connectivity index (χ1) is 8.77. The van der Waals surface area contributed by atoms with Crippen LogP contribution in [0, 0.1) is 0 Å². The second kappa shape index (κ2) is 4.10. The molecule has 0 bridgehead atoms. The van der Waals surface area contributed by atoms with Gasteiger partial charge in [-0.1, -0.05) is 18.2 Å². The molecule has 0 radical (unpaired) electrons. The van der Waals surface area contributed by atoms with E-state index in [1.54, 1.807) is 12.5 Å². The summed E-state index contributed by atoms with van der Waals surface area (Å²) in [5, 5.41) is 5.35. The monoisotopic (exact) mass is 239 g/mol. The van der Waals surface area contributed by atoms with Gasteiger partial charge >= 0.3 is 0 Å². The first kappa shape index (κ1) is 10.7. The Morgan fingerprint density at radius 1 is 1.06 bits per heavy atom. The van der Waals surface area contributed by atoms with Gasteiger partial charge in [-0.3, -0.25) is 0 Å². The Hall–Kier alpha value is -2.43. The minimum Gasteiger partial charge on any atom is -0.362 e. The molecule has 0 aliphatic heterocycles. The van der Waals surface area contributed by atoms with Gasteiger partial charge in [-0.05, 0) is 12.1 Å². The van der Waals surface area contributed by atoms with Crippen LogP contribution >= 0.6 is 0 Å². The zero-order valence-electron chi connectivity index (χ0n) is 10.3. The van der Waals surface area contributed by atoms with Crippen LogP contribution in [-0.2, 0) is 0 Å². The third-order valence-electron chi connectivity index (χ3n) is 2.77. The van der Waals surface area contributed by atoms with Crippen LogP contribution in [0.1, 0.15) is 0 Å². The molecule has 0 N–H and O–H groups in total. The summed E-state index contributed by atoms with van der Waals surface area (Å²) >= 11 is 0. The normalized spacial score (nSPS) is 10.8. The SMILES string of the molecule is CN(C)c1ncnc2c1cnn2-c1ccccc1. The maximum Gasteiger partial charge on any atom is 0.168 e. The van der Waals surface area contributed by atoms with Gasteiger partial charge in [0.25, 0.3) is 0 Å². The van der Waals surface area contributed by atoms with E-state index in [2.05, 4.69) is 15.1 Å². The van der Waals surface area contributed by atoms with Crippen LogP contribution in [0.4, 0.5) is 5.82 Å². The standard InChI is InChI=1S/C13H13N5/c1-17(2)12-11-8-16-18(13(11)15-9-14-12)10-6-4-3-5-7-10/h3-9H,1-2H3. The van der Waals surface area contributed by atoms with Crippen LogP contribution in [0.3, 0.4) is 0 Å². The number of hydrogen-bond donors (Lipinski definition) is 0. The molecule has 90 valence electrons. The third kappa shape index (κ3) is 1.60. The molecule has 0 spiro atoms. The largest absolute Gasteiger partial charge is 0.362 e. The van der Waals surface area contributed by atoms with Crippen molar-refractivity contribution >= 4 is 16.9 Å². The van der Waals surface area contributed by atoms with E-state index in [1.165, 1.54) is 0 Å². The van der Waals surface area contributed by atoms with Crippen LogP contribution in [0.15, 0.2) is 42.9 Å². The van der Waals surface area contributed by atoms with Crippen molar-refractivity contribution in [2.75, 3.05) is 19.0 Å². The second-order valence-electron chi connectivity index (χ2n) is 4.22. The number of anilines is 1. The molecule has 5 nitrogen and oxygen atoms in total. The van der Waals surface area contributed by atoms with Crippen molar-refractivity contribution in [3.05, 3.63) is 42.9 Å². The highest BCUT2D eigenvalue weighted by atomic mass is 15.3. The molecule has 5 heteroatoms. The molecule has 1 aromatic carbocycles. The van der Waals surface area contributed by atoms with Crippen molar-refractivity contribution in [1.29, 1.82) is 0 Å². The van der Waals surface area contributed by atoms with E-state index < -0.39 is 0 Å². The lowest BCUT2D eigenvalue weighted by Crippen LogP contribution is -2.11. The lowest BCUT2D eigenvalue weighted by Gasteiger charge is -2.11. The first-order valence-electron chi connectivity index (χ1n) is 5.69. The number of nitrogens with zero attached hydrogens (tertiary/aromatic N) is 5. The summed E-state index contributed by atoms with van der Waals surface area (Å²) in [5.41, 5.74) is 1.82. The maximum atomic E-state index is 4.40. The van der Waals surface area contributed by atoms with Gasteiger partial charge < -0.3 is 4.90 Å². The van der Waals surface area contributed by atoms with Crippen LogP contribution in [0.25, 0.3) is 16.7 Å². The molecule has 0 amide bonds. The summed E-state index contributed by atoms with van der Waals surface area (Å²) in [6.45, 7) is 0. The molecule has 18 heavy (non-hydrogen) atoms. The lowest BCUT2D eigenvalue weighted by atomic mass is 10.3. The zero-order chi connectivity index (χ0) is 12.5. The Kier molecular flexibility index (Phi) is 2.44. The molecule has 0 saturated heterocycles. The van der Waals surface area contributed by atoms with E-state index in [0.29, 0.717) is 0 Å². The first-order valence-corrected chi connectivity index (χ1v) is 5.69. The van der Waals surface area contributed by atoms with Crippen molar-refractivity contribution in [1.82, 2.24) is 19.7 Å². The fourth-order valence-corrected chi connectivity index (χ4v) is 1.95. The van der Waals surface area contributed by atoms with Gasteiger partial charge in [0, 0.05) is 14.1 Å². The van der Waals surface area contributed by atoms with E-state index >= 15 is 0 Å². The summed E-state index contributed by atoms with van der Waals surface area (Å²) in [7, 11) is 3.92. The molecular weight excluding hydrogens is 226 g/mol. The molecule has 0 fully saturated rings. The lowest BCUT2D eigenvalue weighted by molar-refractivity contribution is 0.894. The Labute approximate surface area is 105 Å². The Balaban J connectivity index is 2.25. The molecule has 0 aliphatic rings. The number of fused-ring (bicyclic) bond motifs is 1. The number of hydrogen-bond acceptors (Lipinski definition) is 4. The van der Waals surface area contributed by atoms with Crippen molar-refractivity contribution in [3.8, 4) is 5.69 Å². The smallest absolute Gasteiger partial charge is 0.168 e. The fourth-order valence-electron chi connectivity index (χ4n) is 1.95. The zero-order valence-corrected chi connectivity index (χ0v) is 10.3. The predicted octanol–water partition coefficient (Wildman–Crippen LogP) is 1.88. The molecule has 0 atom stereocenters. The van der Waals surface area contributed by atoms with Gasteiger partial charge in [0.1, 0.15) is 12.1 Å². The van der Waals surface area contributed by atoms with E-state index in [-0.39, 0.29) is 0 Å². The number of benzene rings is 1. The van der Waals surface area contributed by atoms with Gasteiger partial charge in [-0.25, -0.2) is 14.6 Å². The van der Waals surface area contributed by atoms with Gasteiger partial charge in [-0.2, -0.15) is 5.10 Å². The van der Waals surface area contributed by atoms with E-state index in [9.17, 15) is 0 Å². The minimum atomic E-state index is 0.819. The highest BCUT2D eigenvalue weighted by Crippen LogP contribution is 2.22. The molecular formula is C13H13N5. The Morgan fingerprint density at radius 3 is 2.56 bits per heavy atom. The fraction of sp³-hybridized carbons (Fsp3) is 0.154.